The van der Waals surface area contributed by atoms with Crippen LogP contribution in [0, 0.1) is 0 Å². The summed E-state index contributed by atoms with van der Waals surface area (Å²) in [6.07, 6.45) is 3.28. The number of anilines is 1. The highest BCUT2D eigenvalue weighted by Gasteiger charge is 2.06. The fourth-order valence-corrected chi connectivity index (χ4v) is 1.88. The van der Waals surface area contributed by atoms with Crippen molar-refractivity contribution in [3.8, 4) is 0 Å². The lowest BCUT2D eigenvalue weighted by Gasteiger charge is -2.07. The Bertz CT molecular complexity index is 529. The lowest BCUT2D eigenvalue weighted by atomic mass is 10.2. The zero-order valence-electron chi connectivity index (χ0n) is 7.57. The van der Waals surface area contributed by atoms with Crippen LogP contribution in [-0.4, -0.2) is 15.1 Å². The van der Waals surface area contributed by atoms with Crippen LogP contribution in [0.3, 0.4) is 0 Å². The first-order chi connectivity index (χ1) is 7.18. The number of rotatable bonds is 1. The predicted octanol–water partition coefficient (Wildman–Crippen LogP) is 2.05. The number of nitrogens with zero attached hydrogens (tertiary/aromatic N) is 2. The number of halogens is 1. The van der Waals surface area contributed by atoms with Crippen molar-refractivity contribution in [1.82, 2.24) is 9.97 Å². The zero-order chi connectivity index (χ0) is 10.8. The molecule has 15 heavy (non-hydrogen) atoms. The SMILES string of the molecule is NC(=S)Nc1ccc2nccnc2c1Br. The van der Waals surface area contributed by atoms with Crippen LogP contribution in [0.4, 0.5) is 5.69 Å². The van der Waals surface area contributed by atoms with Crippen molar-refractivity contribution < 1.29 is 0 Å². The number of hydrogen-bond acceptors (Lipinski definition) is 3. The highest BCUT2D eigenvalue weighted by molar-refractivity contribution is 9.10. The van der Waals surface area contributed by atoms with E-state index in [1.165, 1.54) is 0 Å². The molecule has 0 aliphatic rings. The van der Waals surface area contributed by atoms with Crippen LogP contribution in [0.1, 0.15) is 0 Å². The Morgan fingerprint density at radius 2 is 2.07 bits per heavy atom. The topological polar surface area (TPSA) is 63.8 Å². The minimum Gasteiger partial charge on any atom is -0.376 e. The van der Waals surface area contributed by atoms with Crippen molar-refractivity contribution in [2.24, 2.45) is 5.73 Å². The van der Waals surface area contributed by atoms with Gasteiger partial charge >= 0.3 is 0 Å². The minimum atomic E-state index is 0.221. The Balaban J connectivity index is 2.59. The second-order valence-electron chi connectivity index (χ2n) is 2.84. The van der Waals surface area contributed by atoms with Crippen molar-refractivity contribution in [3.63, 3.8) is 0 Å². The van der Waals surface area contributed by atoms with Gasteiger partial charge in [-0.25, -0.2) is 0 Å². The lowest BCUT2D eigenvalue weighted by molar-refractivity contribution is 1.29. The smallest absolute Gasteiger partial charge is 0.168 e. The second-order valence-corrected chi connectivity index (χ2v) is 4.07. The van der Waals surface area contributed by atoms with Gasteiger partial charge in [-0.1, -0.05) is 0 Å². The van der Waals surface area contributed by atoms with E-state index in [0.29, 0.717) is 0 Å². The maximum Gasteiger partial charge on any atom is 0.168 e. The molecule has 6 heteroatoms. The summed E-state index contributed by atoms with van der Waals surface area (Å²) in [5.41, 5.74) is 7.78. The third kappa shape index (κ3) is 2.05. The molecule has 3 N–H and O–H groups in total. The van der Waals surface area contributed by atoms with Gasteiger partial charge in [-0.3, -0.25) is 9.97 Å². The number of thiocarbonyl (C=S) groups is 1. The summed E-state index contributed by atoms with van der Waals surface area (Å²) in [4.78, 5) is 8.39. The van der Waals surface area contributed by atoms with Crippen LogP contribution < -0.4 is 11.1 Å². The Morgan fingerprint density at radius 1 is 1.33 bits per heavy atom. The highest BCUT2D eigenvalue weighted by atomic mass is 79.9. The van der Waals surface area contributed by atoms with Crippen molar-refractivity contribution in [3.05, 3.63) is 29.0 Å². The van der Waals surface area contributed by atoms with E-state index in [0.717, 1.165) is 21.2 Å². The summed E-state index contributed by atoms with van der Waals surface area (Å²) < 4.78 is 0.806. The fourth-order valence-electron chi connectivity index (χ4n) is 1.23. The normalized spacial score (nSPS) is 10.2. The number of benzene rings is 1. The quantitative estimate of drug-likeness (QED) is 0.784. The molecule has 0 saturated heterocycles. The summed E-state index contributed by atoms with van der Waals surface area (Å²) in [6.45, 7) is 0. The van der Waals surface area contributed by atoms with Gasteiger partial charge in [0, 0.05) is 12.4 Å². The molecule has 0 aliphatic heterocycles. The van der Waals surface area contributed by atoms with Gasteiger partial charge in [-0.2, -0.15) is 0 Å². The molecule has 0 radical (unpaired) electrons. The van der Waals surface area contributed by atoms with Crippen molar-refractivity contribution in [2.75, 3.05) is 5.32 Å². The molecule has 0 saturated carbocycles. The van der Waals surface area contributed by atoms with Crippen LogP contribution in [-0.2, 0) is 0 Å². The fraction of sp³-hybridized carbons (Fsp3) is 0. The summed E-state index contributed by atoms with van der Waals surface area (Å²) in [5, 5.41) is 3.08. The molecule has 2 aromatic rings. The van der Waals surface area contributed by atoms with E-state index in [9.17, 15) is 0 Å². The summed E-state index contributed by atoms with van der Waals surface area (Å²) in [6, 6.07) is 3.70. The van der Waals surface area contributed by atoms with E-state index in [4.69, 9.17) is 18.0 Å². The van der Waals surface area contributed by atoms with Gasteiger partial charge in [0.15, 0.2) is 5.11 Å². The van der Waals surface area contributed by atoms with Gasteiger partial charge in [0.2, 0.25) is 0 Å². The van der Waals surface area contributed by atoms with E-state index in [1.807, 2.05) is 12.1 Å². The maximum absolute atomic E-state index is 5.40. The van der Waals surface area contributed by atoms with Crippen molar-refractivity contribution >= 4 is 50.0 Å². The summed E-state index contributed by atoms with van der Waals surface area (Å²) in [5.74, 6) is 0. The molecule has 0 unspecified atom stereocenters. The monoisotopic (exact) mass is 282 g/mol. The summed E-state index contributed by atoms with van der Waals surface area (Å²) >= 11 is 8.20. The second kappa shape index (κ2) is 4.08. The van der Waals surface area contributed by atoms with Gasteiger partial charge in [-0.15, -0.1) is 0 Å². The van der Waals surface area contributed by atoms with Crippen LogP contribution >= 0.6 is 28.1 Å². The molecule has 2 rings (SSSR count). The van der Waals surface area contributed by atoms with Crippen molar-refractivity contribution in [2.45, 2.75) is 0 Å². The standard InChI is InChI=1S/C9H7BrN4S/c10-7-5(14-9(11)15)1-2-6-8(7)13-4-3-12-6/h1-4H,(H3,11,14,15). The zero-order valence-corrected chi connectivity index (χ0v) is 9.97. The molecule has 0 aliphatic carbocycles. The summed E-state index contributed by atoms with van der Waals surface area (Å²) in [7, 11) is 0. The average Bonchev–Trinajstić information content (AvgIpc) is 2.22. The first-order valence-electron chi connectivity index (χ1n) is 4.14. The van der Waals surface area contributed by atoms with Crippen LogP contribution in [0.5, 0.6) is 0 Å². The van der Waals surface area contributed by atoms with Gasteiger partial charge in [0.1, 0.15) is 5.52 Å². The molecule has 76 valence electrons. The molecule has 0 amide bonds. The first kappa shape index (κ1) is 10.3. The maximum atomic E-state index is 5.40. The Kier molecular flexibility index (Phi) is 2.79. The van der Waals surface area contributed by atoms with Gasteiger partial charge in [0.25, 0.3) is 0 Å². The molecular weight excluding hydrogens is 276 g/mol. The number of fused-ring (bicyclic) bond motifs is 1. The van der Waals surface area contributed by atoms with E-state index in [2.05, 4.69) is 31.2 Å². The van der Waals surface area contributed by atoms with Crippen LogP contribution in [0.2, 0.25) is 0 Å². The Morgan fingerprint density at radius 3 is 2.80 bits per heavy atom. The largest absolute Gasteiger partial charge is 0.376 e. The van der Waals surface area contributed by atoms with E-state index in [1.54, 1.807) is 12.4 Å². The molecule has 0 bridgehead atoms. The third-order valence-electron chi connectivity index (χ3n) is 1.84. The molecule has 1 aromatic carbocycles. The highest BCUT2D eigenvalue weighted by Crippen LogP contribution is 2.28. The average molecular weight is 283 g/mol. The van der Waals surface area contributed by atoms with Crippen LogP contribution in [0.15, 0.2) is 29.0 Å². The molecule has 4 nitrogen and oxygen atoms in total. The number of hydrogen-bond donors (Lipinski definition) is 2. The van der Waals surface area contributed by atoms with E-state index >= 15 is 0 Å². The van der Waals surface area contributed by atoms with Gasteiger partial charge in [-0.05, 0) is 40.3 Å². The molecular formula is C9H7BrN4S. The van der Waals surface area contributed by atoms with Gasteiger partial charge < -0.3 is 11.1 Å². The molecule has 0 fully saturated rings. The van der Waals surface area contributed by atoms with Crippen LogP contribution in [0.25, 0.3) is 11.0 Å². The Labute approximate surface area is 100 Å². The predicted molar refractivity (Wildman–Crippen MR) is 67.6 cm³/mol. The van der Waals surface area contributed by atoms with E-state index < -0.39 is 0 Å². The minimum absolute atomic E-state index is 0.221. The first-order valence-corrected chi connectivity index (χ1v) is 5.34. The Hall–Kier alpha value is -1.27. The van der Waals surface area contributed by atoms with Gasteiger partial charge in [0.05, 0.1) is 15.7 Å². The third-order valence-corrected chi connectivity index (χ3v) is 2.74. The number of nitrogens with two attached hydrogens (primary N) is 1. The molecule has 1 heterocycles. The molecule has 0 atom stereocenters. The lowest BCUT2D eigenvalue weighted by Crippen LogP contribution is -2.19. The molecule has 1 aromatic heterocycles. The molecule has 0 spiro atoms. The van der Waals surface area contributed by atoms with Crippen molar-refractivity contribution in [1.29, 1.82) is 0 Å². The van der Waals surface area contributed by atoms with E-state index in [-0.39, 0.29) is 5.11 Å². The number of aromatic nitrogens is 2. The number of nitrogens with one attached hydrogen (secondary N) is 1.